The van der Waals surface area contributed by atoms with Gasteiger partial charge in [0.2, 0.25) is 5.91 Å². The lowest BCUT2D eigenvalue weighted by atomic mass is 9.88. The molecule has 0 aliphatic heterocycles. The van der Waals surface area contributed by atoms with Gasteiger partial charge >= 0.3 is 6.18 Å². The van der Waals surface area contributed by atoms with Gasteiger partial charge < -0.3 is 10.6 Å². The number of amides is 1. The van der Waals surface area contributed by atoms with Crippen molar-refractivity contribution < 1.29 is 18.0 Å². The molecule has 2 aromatic rings. The third-order valence-corrected chi connectivity index (χ3v) is 4.47. The molecule has 1 aliphatic carbocycles. The van der Waals surface area contributed by atoms with E-state index in [-0.39, 0.29) is 11.8 Å². The third-order valence-electron chi connectivity index (χ3n) is 4.47. The standard InChI is InChI=1S/C19H20F3N3O/c20-19(21,22)14-7-4-8-15(11-14)24-17-10-9-16(12-23-17)25-18(26)13-5-2-1-3-6-13/h4,7-13H,1-3,5-6H2,(H,23,24)(H,25,26). The van der Waals surface area contributed by atoms with Gasteiger partial charge in [-0.3, -0.25) is 4.79 Å². The molecule has 2 N–H and O–H groups in total. The van der Waals surface area contributed by atoms with E-state index in [2.05, 4.69) is 15.6 Å². The maximum absolute atomic E-state index is 12.8. The Morgan fingerprint density at radius 2 is 1.81 bits per heavy atom. The van der Waals surface area contributed by atoms with E-state index in [1.807, 2.05) is 0 Å². The van der Waals surface area contributed by atoms with Crippen LogP contribution in [0.15, 0.2) is 42.6 Å². The second kappa shape index (κ2) is 7.76. The minimum absolute atomic E-state index is 0.00471. The van der Waals surface area contributed by atoms with E-state index in [4.69, 9.17) is 0 Å². The Morgan fingerprint density at radius 3 is 2.46 bits per heavy atom. The van der Waals surface area contributed by atoms with Crippen LogP contribution < -0.4 is 10.6 Å². The molecule has 3 rings (SSSR count). The van der Waals surface area contributed by atoms with E-state index in [1.165, 1.54) is 24.8 Å². The Bertz CT molecular complexity index is 753. The molecule has 0 atom stereocenters. The number of halogens is 3. The molecule has 26 heavy (non-hydrogen) atoms. The minimum atomic E-state index is -4.39. The van der Waals surface area contributed by atoms with Crippen LogP contribution in [0.25, 0.3) is 0 Å². The molecule has 0 saturated heterocycles. The molecule has 1 aliphatic rings. The zero-order valence-electron chi connectivity index (χ0n) is 14.1. The van der Waals surface area contributed by atoms with Gasteiger partial charge in [0.15, 0.2) is 0 Å². The van der Waals surface area contributed by atoms with Crippen LogP contribution in [0.3, 0.4) is 0 Å². The number of carbonyl (C=O) groups is 1. The largest absolute Gasteiger partial charge is 0.416 e. The molecule has 0 unspecified atom stereocenters. The minimum Gasteiger partial charge on any atom is -0.340 e. The lowest BCUT2D eigenvalue weighted by molar-refractivity contribution is -0.137. The highest BCUT2D eigenvalue weighted by Gasteiger charge is 2.30. The second-order valence-electron chi connectivity index (χ2n) is 6.46. The van der Waals surface area contributed by atoms with Crippen LogP contribution in [0, 0.1) is 5.92 Å². The molecule has 138 valence electrons. The molecule has 1 saturated carbocycles. The summed E-state index contributed by atoms with van der Waals surface area (Å²) in [5.41, 5.74) is 0.153. The van der Waals surface area contributed by atoms with Gasteiger partial charge in [-0.05, 0) is 43.2 Å². The van der Waals surface area contributed by atoms with Gasteiger partial charge in [-0.15, -0.1) is 0 Å². The quantitative estimate of drug-likeness (QED) is 0.769. The molecular weight excluding hydrogens is 343 g/mol. The summed E-state index contributed by atoms with van der Waals surface area (Å²) in [5.74, 6) is 0.455. The first-order valence-electron chi connectivity index (χ1n) is 8.63. The molecule has 1 amide bonds. The summed E-state index contributed by atoms with van der Waals surface area (Å²) < 4.78 is 38.3. The van der Waals surface area contributed by atoms with E-state index >= 15 is 0 Å². The van der Waals surface area contributed by atoms with E-state index < -0.39 is 11.7 Å². The Balaban J connectivity index is 1.62. The molecule has 1 aromatic carbocycles. The van der Waals surface area contributed by atoms with Gasteiger partial charge in [-0.25, -0.2) is 4.98 Å². The SMILES string of the molecule is O=C(Nc1ccc(Nc2cccc(C(F)(F)F)c2)nc1)C1CCCCC1. The first-order chi connectivity index (χ1) is 12.4. The molecule has 0 radical (unpaired) electrons. The van der Waals surface area contributed by atoms with Crippen LogP contribution in [0.5, 0.6) is 0 Å². The van der Waals surface area contributed by atoms with E-state index in [0.717, 1.165) is 37.8 Å². The van der Waals surface area contributed by atoms with Gasteiger partial charge in [-0.2, -0.15) is 13.2 Å². The summed E-state index contributed by atoms with van der Waals surface area (Å²) in [7, 11) is 0. The van der Waals surface area contributed by atoms with Gasteiger partial charge in [0, 0.05) is 11.6 Å². The highest BCUT2D eigenvalue weighted by atomic mass is 19.4. The Morgan fingerprint density at radius 1 is 1.04 bits per heavy atom. The first kappa shape index (κ1) is 18.2. The highest BCUT2D eigenvalue weighted by Crippen LogP contribution is 2.31. The molecular formula is C19H20F3N3O. The van der Waals surface area contributed by atoms with E-state index in [0.29, 0.717) is 17.2 Å². The fourth-order valence-electron chi connectivity index (χ4n) is 3.07. The first-order valence-corrected chi connectivity index (χ1v) is 8.63. The number of alkyl halides is 3. The van der Waals surface area contributed by atoms with Crippen LogP contribution in [0.1, 0.15) is 37.7 Å². The van der Waals surface area contributed by atoms with Crippen molar-refractivity contribution in [3.05, 3.63) is 48.2 Å². The monoisotopic (exact) mass is 363 g/mol. The number of rotatable bonds is 4. The van der Waals surface area contributed by atoms with Crippen LogP contribution in [-0.2, 0) is 11.0 Å². The van der Waals surface area contributed by atoms with Gasteiger partial charge in [-0.1, -0.05) is 25.3 Å². The zero-order chi connectivity index (χ0) is 18.6. The number of nitrogens with zero attached hydrogens (tertiary/aromatic N) is 1. The summed E-state index contributed by atoms with van der Waals surface area (Å²) in [6.45, 7) is 0. The van der Waals surface area contributed by atoms with Crippen molar-refractivity contribution in [3.8, 4) is 0 Å². The molecule has 7 heteroatoms. The summed E-state index contributed by atoms with van der Waals surface area (Å²) in [6, 6.07) is 8.23. The fourth-order valence-corrected chi connectivity index (χ4v) is 3.07. The van der Waals surface area contributed by atoms with Crippen molar-refractivity contribution in [3.63, 3.8) is 0 Å². The lowest BCUT2D eigenvalue weighted by Crippen LogP contribution is -2.24. The van der Waals surface area contributed by atoms with Gasteiger partial charge in [0.05, 0.1) is 17.4 Å². The Kier molecular flexibility index (Phi) is 5.44. The van der Waals surface area contributed by atoms with Crippen molar-refractivity contribution >= 4 is 23.1 Å². The number of anilines is 3. The summed E-state index contributed by atoms with van der Waals surface area (Å²) >= 11 is 0. The number of carbonyl (C=O) groups excluding carboxylic acids is 1. The fraction of sp³-hybridized carbons (Fsp3) is 0.368. The normalized spacial score (nSPS) is 15.5. The van der Waals surface area contributed by atoms with Crippen molar-refractivity contribution in [2.24, 2.45) is 5.92 Å². The van der Waals surface area contributed by atoms with Crippen LogP contribution in [-0.4, -0.2) is 10.9 Å². The molecule has 0 bridgehead atoms. The maximum atomic E-state index is 12.8. The van der Waals surface area contributed by atoms with Crippen LogP contribution in [0.4, 0.5) is 30.4 Å². The second-order valence-corrected chi connectivity index (χ2v) is 6.46. The average Bonchev–Trinajstić information content (AvgIpc) is 2.63. The predicted molar refractivity (Wildman–Crippen MR) is 94.2 cm³/mol. The predicted octanol–water partition coefficient (Wildman–Crippen LogP) is 5.36. The number of hydrogen-bond donors (Lipinski definition) is 2. The number of nitrogens with one attached hydrogen (secondary N) is 2. The third kappa shape index (κ3) is 4.74. The van der Waals surface area contributed by atoms with Crippen molar-refractivity contribution in [2.45, 2.75) is 38.3 Å². The summed E-state index contributed by atoms with van der Waals surface area (Å²) in [4.78, 5) is 16.4. The Hall–Kier alpha value is -2.57. The lowest BCUT2D eigenvalue weighted by Gasteiger charge is -2.20. The molecule has 1 fully saturated rings. The van der Waals surface area contributed by atoms with Gasteiger partial charge in [0.25, 0.3) is 0 Å². The number of hydrogen-bond acceptors (Lipinski definition) is 3. The molecule has 4 nitrogen and oxygen atoms in total. The number of aromatic nitrogens is 1. The van der Waals surface area contributed by atoms with E-state index in [1.54, 1.807) is 12.1 Å². The topological polar surface area (TPSA) is 54.0 Å². The average molecular weight is 363 g/mol. The molecule has 0 spiro atoms. The molecule has 1 aromatic heterocycles. The van der Waals surface area contributed by atoms with E-state index in [9.17, 15) is 18.0 Å². The number of pyridine rings is 1. The highest BCUT2D eigenvalue weighted by molar-refractivity contribution is 5.92. The van der Waals surface area contributed by atoms with Crippen molar-refractivity contribution in [1.29, 1.82) is 0 Å². The smallest absolute Gasteiger partial charge is 0.340 e. The summed E-state index contributed by atoms with van der Waals surface area (Å²) in [6.07, 6.45) is 2.27. The van der Waals surface area contributed by atoms with Crippen molar-refractivity contribution in [2.75, 3.05) is 10.6 Å². The molecule has 1 heterocycles. The van der Waals surface area contributed by atoms with Crippen LogP contribution >= 0.6 is 0 Å². The zero-order valence-corrected chi connectivity index (χ0v) is 14.1. The van der Waals surface area contributed by atoms with Gasteiger partial charge in [0.1, 0.15) is 5.82 Å². The Labute approximate surface area is 149 Å². The van der Waals surface area contributed by atoms with Crippen molar-refractivity contribution in [1.82, 2.24) is 4.98 Å². The number of benzene rings is 1. The summed E-state index contributed by atoms with van der Waals surface area (Å²) in [5, 5.41) is 5.69. The maximum Gasteiger partial charge on any atom is 0.416 e. The van der Waals surface area contributed by atoms with Crippen LogP contribution in [0.2, 0.25) is 0 Å².